The zero-order valence-electron chi connectivity index (χ0n) is 9.86. The summed E-state index contributed by atoms with van der Waals surface area (Å²) in [5.41, 5.74) is 1.37. The Morgan fingerprint density at radius 3 is 2.94 bits per heavy atom. The van der Waals surface area contributed by atoms with Gasteiger partial charge in [0, 0.05) is 32.8 Å². The Morgan fingerprint density at radius 1 is 1.38 bits per heavy atom. The molecule has 0 saturated carbocycles. The lowest BCUT2D eigenvalue weighted by Gasteiger charge is -2.33. The summed E-state index contributed by atoms with van der Waals surface area (Å²) >= 11 is 0. The van der Waals surface area contributed by atoms with E-state index in [0.717, 1.165) is 32.8 Å². The van der Waals surface area contributed by atoms with E-state index in [2.05, 4.69) is 40.5 Å². The predicted molar refractivity (Wildman–Crippen MR) is 65.1 cm³/mol. The summed E-state index contributed by atoms with van der Waals surface area (Å²) in [5, 5.41) is 3.37. The van der Waals surface area contributed by atoms with Gasteiger partial charge in [0.15, 0.2) is 0 Å². The van der Waals surface area contributed by atoms with Gasteiger partial charge in [-0.15, -0.1) is 0 Å². The lowest BCUT2D eigenvalue weighted by molar-refractivity contribution is -0.0106. The van der Waals surface area contributed by atoms with Crippen LogP contribution >= 0.6 is 0 Å². The van der Waals surface area contributed by atoms with Crippen LogP contribution in [0.1, 0.15) is 12.5 Å². The Labute approximate surface area is 97.4 Å². The fraction of sp³-hybridized carbons (Fsp3) is 0.538. The van der Waals surface area contributed by atoms with Crippen LogP contribution in [0.25, 0.3) is 0 Å². The Morgan fingerprint density at radius 2 is 2.19 bits per heavy atom. The van der Waals surface area contributed by atoms with Crippen LogP contribution in [0.15, 0.2) is 30.3 Å². The standard InChI is InChI=1S/C13H20N2O/c1-2-16-13-11-15(9-8-14-13)10-12-6-4-3-5-7-12/h3-7,13-14H,2,8-11H2,1H3/t13-/m1/s1. The van der Waals surface area contributed by atoms with E-state index in [0.29, 0.717) is 0 Å². The number of nitrogens with one attached hydrogen (secondary N) is 1. The second-order valence-electron chi connectivity index (χ2n) is 4.12. The quantitative estimate of drug-likeness (QED) is 0.831. The molecular weight excluding hydrogens is 200 g/mol. The zero-order chi connectivity index (χ0) is 11.2. The summed E-state index contributed by atoms with van der Waals surface area (Å²) < 4.78 is 5.60. The highest BCUT2D eigenvalue weighted by atomic mass is 16.5. The van der Waals surface area contributed by atoms with E-state index >= 15 is 0 Å². The van der Waals surface area contributed by atoms with Crippen LogP contribution in [0.4, 0.5) is 0 Å². The lowest BCUT2D eigenvalue weighted by Crippen LogP contribution is -2.51. The fourth-order valence-electron chi connectivity index (χ4n) is 2.07. The van der Waals surface area contributed by atoms with Gasteiger partial charge >= 0.3 is 0 Å². The molecule has 1 aliphatic rings. The molecule has 1 aliphatic heterocycles. The maximum atomic E-state index is 5.60. The van der Waals surface area contributed by atoms with Gasteiger partial charge in [-0.2, -0.15) is 0 Å². The predicted octanol–water partition coefficient (Wildman–Crippen LogP) is 1.45. The molecule has 88 valence electrons. The van der Waals surface area contributed by atoms with Crippen molar-refractivity contribution in [1.29, 1.82) is 0 Å². The van der Waals surface area contributed by atoms with E-state index < -0.39 is 0 Å². The molecular formula is C13H20N2O. The maximum absolute atomic E-state index is 5.60. The minimum absolute atomic E-state index is 0.197. The average molecular weight is 220 g/mol. The number of ether oxygens (including phenoxy) is 1. The Hall–Kier alpha value is -0.900. The van der Waals surface area contributed by atoms with Crippen molar-refractivity contribution in [2.24, 2.45) is 0 Å². The smallest absolute Gasteiger partial charge is 0.120 e. The fourth-order valence-corrected chi connectivity index (χ4v) is 2.07. The average Bonchev–Trinajstić information content (AvgIpc) is 2.31. The molecule has 1 fully saturated rings. The molecule has 0 radical (unpaired) electrons. The molecule has 0 aliphatic carbocycles. The Bertz CT molecular complexity index is 300. The zero-order valence-corrected chi connectivity index (χ0v) is 9.86. The molecule has 3 heteroatoms. The van der Waals surface area contributed by atoms with Gasteiger partial charge in [0.1, 0.15) is 6.23 Å². The van der Waals surface area contributed by atoms with Crippen molar-refractivity contribution in [2.45, 2.75) is 19.7 Å². The normalized spacial score (nSPS) is 22.2. The van der Waals surface area contributed by atoms with Crippen molar-refractivity contribution in [2.75, 3.05) is 26.2 Å². The van der Waals surface area contributed by atoms with Crippen LogP contribution in [0, 0.1) is 0 Å². The molecule has 1 heterocycles. The number of rotatable bonds is 4. The van der Waals surface area contributed by atoms with E-state index in [1.807, 2.05) is 6.92 Å². The van der Waals surface area contributed by atoms with E-state index in [4.69, 9.17) is 4.74 Å². The molecule has 1 N–H and O–H groups in total. The van der Waals surface area contributed by atoms with Gasteiger partial charge in [0.05, 0.1) is 0 Å². The topological polar surface area (TPSA) is 24.5 Å². The van der Waals surface area contributed by atoms with Crippen LogP contribution in [-0.2, 0) is 11.3 Å². The van der Waals surface area contributed by atoms with Gasteiger partial charge in [-0.25, -0.2) is 0 Å². The van der Waals surface area contributed by atoms with Gasteiger partial charge in [-0.3, -0.25) is 10.2 Å². The van der Waals surface area contributed by atoms with Crippen molar-refractivity contribution in [3.8, 4) is 0 Å². The molecule has 0 spiro atoms. The van der Waals surface area contributed by atoms with Crippen LogP contribution in [0.2, 0.25) is 0 Å². The summed E-state index contributed by atoms with van der Waals surface area (Å²) in [6.07, 6.45) is 0.197. The molecule has 1 saturated heterocycles. The van der Waals surface area contributed by atoms with Crippen LogP contribution in [-0.4, -0.2) is 37.4 Å². The van der Waals surface area contributed by atoms with Gasteiger partial charge in [-0.05, 0) is 12.5 Å². The number of nitrogens with zero attached hydrogens (tertiary/aromatic N) is 1. The molecule has 0 bridgehead atoms. The third kappa shape index (κ3) is 3.30. The summed E-state index contributed by atoms with van der Waals surface area (Å²) in [6.45, 7) is 6.92. The molecule has 3 nitrogen and oxygen atoms in total. The van der Waals surface area contributed by atoms with E-state index in [-0.39, 0.29) is 6.23 Å². The number of piperazine rings is 1. The molecule has 0 aromatic heterocycles. The Kier molecular flexibility index (Phi) is 4.34. The minimum atomic E-state index is 0.197. The first kappa shape index (κ1) is 11.6. The first-order valence-corrected chi connectivity index (χ1v) is 5.99. The molecule has 1 atom stereocenters. The second kappa shape index (κ2) is 5.99. The number of hydrogen-bond donors (Lipinski definition) is 1. The van der Waals surface area contributed by atoms with Crippen LogP contribution in [0.5, 0.6) is 0 Å². The molecule has 2 rings (SSSR count). The highest BCUT2D eigenvalue weighted by Crippen LogP contribution is 2.07. The third-order valence-electron chi connectivity index (χ3n) is 2.84. The summed E-state index contributed by atoms with van der Waals surface area (Å²) in [5.74, 6) is 0. The van der Waals surface area contributed by atoms with Crippen LogP contribution < -0.4 is 5.32 Å². The molecule has 1 aromatic rings. The second-order valence-corrected chi connectivity index (χ2v) is 4.12. The van der Waals surface area contributed by atoms with Gasteiger partial charge in [-0.1, -0.05) is 30.3 Å². The highest BCUT2D eigenvalue weighted by Gasteiger charge is 2.18. The van der Waals surface area contributed by atoms with Crippen molar-refractivity contribution < 1.29 is 4.74 Å². The monoisotopic (exact) mass is 220 g/mol. The first-order chi connectivity index (χ1) is 7.88. The van der Waals surface area contributed by atoms with Crippen LogP contribution in [0.3, 0.4) is 0 Å². The first-order valence-electron chi connectivity index (χ1n) is 5.99. The summed E-state index contributed by atoms with van der Waals surface area (Å²) in [7, 11) is 0. The molecule has 1 aromatic carbocycles. The summed E-state index contributed by atoms with van der Waals surface area (Å²) in [4.78, 5) is 2.44. The van der Waals surface area contributed by atoms with Gasteiger partial charge < -0.3 is 4.74 Å². The Balaban J connectivity index is 1.85. The van der Waals surface area contributed by atoms with Gasteiger partial charge in [0.2, 0.25) is 0 Å². The molecule has 0 unspecified atom stereocenters. The van der Waals surface area contributed by atoms with Crippen molar-refractivity contribution in [1.82, 2.24) is 10.2 Å². The largest absolute Gasteiger partial charge is 0.362 e. The highest BCUT2D eigenvalue weighted by molar-refractivity contribution is 5.14. The molecule has 0 amide bonds. The minimum Gasteiger partial charge on any atom is -0.362 e. The van der Waals surface area contributed by atoms with E-state index in [1.165, 1.54) is 5.56 Å². The lowest BCUT2D eigenvalue weighted by atomic mass is 10.2. The number of benzene rings is 1. The van der Waals surface area contributed by atoms with E-state index in [9.17, 15) is 0 Å². The third-order valence-corrected chi connectivity index (χ3v) is 2.84. The van der Waals surface area contributed by atoms with E-state index in [1.54, 1.807) is 0 Å². The maximum Gasteiger partial charge on any atom is 0.120 e. The van der Waals surface area contributed by atoms with Crippen molar-refractivity contribution in [3.05, 3.63) is 35.9 Å². The van der Waals surface area contributed by atoms with Crippen molar-refractivity contribution in [3.63, 3.8) is 0 Å². The van der Waals surface area contributed by atoms with Gasteiger partial charge in [0.25, 0.3) is 0 Å². The van der Waals surface area contributed by atoms with Crippen molar-refractivity contribution >= 4 is 0 Å². The summed E-state index contributed by atoms with van der Waals surface area (Å²) in [6, 6.07) is 10.6. The SMILES string of the molecule is CCO[C@@H]1CN(Cc2ccccc2)CCN1. The number of hydrogen-bond acceptors (Lipinski definition) is 3. The molecule has 16 heavy (non-hydrogen) atoms.